The molecule has 0 unspecified atom stereocenters. The van der Waals surface area contributed by atoms with Crippen molar-refractivity contribution in [1.82, 2.24) is 10.1 Å². The van der Waals surface area contributed by atoms with Crippen molar-refractivity contribution in [3.8, 4) is 11.4 Å². The van der Waals surface area contributed by atoms with Crippen LogP contribution < -0.4 is 0 Å². The van der Waals surface area contributed by atoms with E-state index in [1.807, 2.05) is 0 Å². The van der Waals surface area contributed by atoms with Crippen LogP contribution in [-0.4, -0.2) is 21.2 Å². The topological polar surface area (TPSA) is 76.2 Å². The van der Waals surface area contributed by atoms with E-state index in [0.717, 1.165) is 18.4 Å². The van der Waals surface area contributed by atoms with Crippen LogP contribution in [0, 0.1) is 13.8 Å². The Hall–Kier alpha value is -2.17. The van der Waals surface area contributed by atoms with Gasteiger partial charge < -0.3 is 9.63 Å². The predicted octanol–water partition coefficient (Wildman–Crippen LogP) is 4.10. The van der Waals surface area contributed by atoms with Crippen LogP contribution in [0.2, 0.25) is 0 Å². The van der Waals surface area contributed by atoms with Crippen molar-refractivity contribution < 1.29 is 14.4 Å². The van der Waals surface area contributed by atoms with E-state index in [0.29, 0.717) is 34.3 Å². The van der Waals surface area contributed by atoms with E-state index in [-0.39, 0.29) is 0 Å². The lowest BCUT2D eigenvalue weighted by atomic mass is 9.99. The third kappa shape index (κ3) is 3.35. The Kier molecular flexibility index (Phi) is 3.96. The van der Waals surface area contributed by atoms with Gasteiger partial charge in [0.25, 0.3) is 0 Å². The second kappa shape index (κ2) is 5.91. The number of aromatic carboxylic acids is 1. The maximum absolute atomic E-state index is 11.1. The number of hydrogen-bond donors (Lipinski definition) is 1. The second-order valence-electron chi connectivity index (χ2n) is 6.08. The SMILES string of the molecule is C1CC1.Cc1cc(-c2noc(C3CC3)n2)cc(C)c1C(=O)O. The standard InChI is InChI=1S/C14H14N2O3.C3H6/c1-7-5-10(6-8(2)11(7)14(17)18)12-15-13(19-16-12)9-3-4-9;1-2-3-1/h5-6,9H,3-4H2,1-2H3,(H,17,18);1-3H2. The molecule has 5 nitrogen and oxygen atoms in total. The maximum Gasteiger partial charge on any atom is 0.336 e. The Labute approximate surface area is 129 Å². The molecule has 2 aliphatic carbocycles. The number of hydrogen-bond acceptors (Lipinski definition) is 4. The fourth-order valence-electron chi connectivity index (χ4n) is 2.28. The average Bonchev–Trinajstić information content (AvgIpc) is 3.35. The lowest BCUT2D eigenvalue weighted by molar-refractivity contribution is 0.0695. The third-order valence-corrected chi connectivity index (χ3v) is 3.73. The molecule has 1 aromatic heterocycles. The van der Waals surface area contributed by atoms with Gasteiger partial charge in [0.2, 0.25) is 11.7 Å². The fraction of sp³-hybridized carbons (Fsp3) is 0.471. The summed E-state index contributed by atoms with van der Waals surface area (Å²) < 4.78 is 5.22. The highest BCUT2D eigenvalue weighted by atomic mass is 16.5. The van der Waals surface area contributed by atoms with Crippen LogP contribution in [-0.2, 0) is 0 Å². The third-order valence-electron chi connectivity index (χ3n) is 3.73. The lowest BCUT2D eigenvalue weighted by Crippen LogP contribution is -2.03. The van der Waals surface area contributed by atoms with Crippen molar-refractivity contribution in [3.05, 3.63) is 34.7 Å². The zero-order valence-corrected chi connectivity index (χ0v) is 12.9. The summed E-state index contributed by atoms with van der Waals surface area (Å²) in [7, 11) is 0. The minimum absolute atomic E-state index is 0.342. The molecule has 4 rings (SSSR count). The molecule has 22 heavy (non-hydrogen) atoms. The molecule has 0 amide bonds. The summed E-state index contributed by atoms with van der Waals surface area (Å²) in [4.78, 5) is 15.5. The van der Waals surface area contributed by atoms with Crippen LogP contribution in [0.25, 0.3) is 11.4 Å². The molecule has 1 N–H and O–H groups in total. The Balaban J connectivity index is 0.000000429. The molecule has 116 valence electrons. The first kappa shape index (κ1) is 14.8. The molecule has 2 fully saturated rings. The van der Waals surface area contributed by atoms with Gasteiger partial charge in [-0.05, 0) is 49.9 Å². The van der Waals surface area contributed by atoms with Gasteiger partial charge in [-0.15, -0.1) is 0 Å². The molecular weight excluding hydrogens is 280 g/mol. The molecular formula is C17H20N2O3. The summed E-state index contributed by atoms with van der Waals surface area (Å²) in [6.07, 6.45) is 6.72. The van der Waals surface area contributed by atoms with Crippen molar-refractivity contribution in [3.63, 3.8) is 0 Å². The number of benzene rings is 1. The van der Waals surface area contributed by atoms with Crippen LogP contribution in [0.4, 0.5) is 0 Å². The molecule has 0 aliphatic heterocycles. The summed E-state index contributed by atoms with van der Waals surface area (Å²) in [5, 5.41) is 13.1. The molecule has 1 aromatic carbocycles. The molecule has 2 saturated carbocycles. The molecule has 0 atom stereocenters. The van der Waals surface area contributed by atoms with Gasteiger partial charge in [0.15, 0.2) is 0 Å². The minimum Gasteiger partial charge on any atom is -0.478 e. The monoisotopic (exact) mass is 300 g/mol. The zero-order valence-electron chi connectivity index (χ0n) is 12.9. The second-order valence-corrected chi connectivity index (χ2v) is 6.08. The van der Waals surface area contributed by atoms with Crippen LogP contribution in [0.5, 0.6) is 0 Å². The Morgan fingerprint density at radius 3 is 2.23 bits per heavy atom. The largest absolute Gasteiger partial charge is 0.478 e. The molecule has 0 radical (unpaired) electrons. The summed E-state index contributed by atoms with van der Waals surface area (Å²) >= 11 is 0. The first-order chi connectivity index (χ1) is 10.6. The molecule has 5 heteroatoms. The van der Waals surface area contributed by atoms with Crippen LogP contribution >= 0.6 is 0 Å². The molecule has 2 aliphatic rings. The molecule has 1 heterocycles. The van der Waals surface area contributed by atoms with Crippen molar-refractivity contribution >= 4 is 5.97 Å². The van der Waals surface area contributed by atoms with Gasteiger partial charge in [0.1, 0.15) is 0 Å². The van der Waals surface area contributed by atoms with E-state index in [2.05, 4.69) is 10.1 Å². The number of carboxylic acid groups (broad SMARTS) is 1. The molecule has 0 saturated heterocycles. The van der Waals surface area contributed by atoms with E-state index < -0.39 is 5.97 Å². The van der Waals surface area contributed by atoms with Crippen molar-refractivity contribution in [2.45, 2.75) is 51.9 Å². The van der Waals surface area contributed by atoms with Gasteiger partial charge in [-0.3, -0.25) is 0 Å². The molecule has 0 bridgehead atoms. The fourth-order valence-corrected chi connectivity index (χ4v) is 2.28. The maximum atomic E-state index is 11.1. The van der Waals surface area contributed by atoms with Gasteiger partial charge >= 0.3 is 5.97 Å². The van der Waals surface area contributed by atoms with E-state index in [4.69, 9.17) is 9.63 Å². The minimum atomic E-state index is -0.909. The normalized spacial score (nSPS) is 15.9. The highest BCUT2D eigenvalue weighted by Gasteiger charge is 2.29. The van der Waals surface area contributed by atoms with Crippen LogP contribution in [0.15, 0.2) is 16.7 Å². The van der Waals surface area contributed by atoms with Crippen LogP contribution in [0.1, 0.15) is 65.4 Å². The van der Waals surface area contributed by atoms with E-state index in [9.17, 15) is 4.79 Å². The lowest BCUT2D eigenvalue weighted by Gasteiger charge is -2.06. The van der Waals surface area contributed by atoms with Crippen molar-refractivity contribution in [1.29, 1.82) is 0 Å². The summed E-state index contributed by atoms with van der Waals surface area (Å²) in [5.74, 6) is 0.729. The molecule has 2 aromatic rings. The first-order valence-corrected chi connectivity index (χ1v) is 7.75. The van der Waals surface area contributed by atoms with Gasteiger partial charge in [-0.1, -0.05) is 24.4 Å². The molecule has 0 spiro atoms. The summed E-state index contributed by atoms with van der Waals surface area (Å²) in [5.41, 5.74) is 2.56. The van der Waals surface area contributed by atoms with Crippen LogP contribution in [0.3, 0.4) is 0 Å². The Morgan fingerprint density at radius 2 is 1.77 bits per heavy atom. The zero-order chi connectivity index (χ0) is 15.7. The quantitative estimate of drug-likeness (QED) is 0.923. The first-order valence-electron chi connectivity index (χ1n) is 7.75. The van der Waals surface area contributed by atoms with E-state index in [1.54, 1.807) is 26.0 Å². The summed E-state index contributed by atoms with van der Waals surface area (Å²) in [6, 6.07) is 3.58. The number of aryl methyl sites for hydroxylation is 2. The Bertz CT molecular complexity index is 674. The van der Waals surface area contributed by atoms with Crippen molar-refractivity contribution in [2.24, 2.45) is 0 Å². The number of aromatic nitrogens is 2. The predicted molar refractivity (Wildman–Crippen MR) is 82.0 cm³/mol. The van der Waals surface area contributed by atoms with E-state index >= 15 is 0 Å². The highest BCUT2D eigenvalue weighted by molar-refractivity contribution is 5.91. The smallest absolute Gasteiger partial charge is 0.336 e. The number of nitrogens with zero attached hydrogens (tertiary/aromatic N) is 2. The van der Waals surface area contributed by atoms with Gasteiger partial charge in [0.05, 0.1) is 5.56 Å². The summed E-state index contributed by atoms with van der Waals surface area (Å²) in [6.45, 7) is 3.56. The number of carbonyl (C=O) groups is 1. The van der Waals surface area contributed by atoms with E-state index in [1.165, 1.54) is 19.3 Å². The van der Waals surface area contributed by atoms with Gasteiger partial charge in [0, 0.05) is 11.5 Å². The highest BCUT2D eigenvalue weighted by Crippen LogP contribution is 2.39. The van der Waals surface area contributed by atoms with Crippen molar-refractivity contribution in [2.75, 3.05) is 0 Å². The van der Waals surface area contributed by atoms with Gasteiger partial charge in [-0.25, -0.2) is 4.79 Å². The number of rotatable bonds is 3. The van der Waals surface area contributed by atoms with Gasteiger partial charge in [-0.2, -0.15) is 4.98 Å². The average molecular weight is 300 g/mol. The Morgan fingerprint density at radius 1 is 1.18 bits per heavy atom. The number of carboxylic acids is 1.